The zero-order chi connectivity index (χ0) is 17.2. The van der Waals surface area contributed by atoms with Gasteiger partial charge < -0.3 is 0 Å². The average molecular weight is 351 g/mol. The maximum absolute atomic E-state index is 11.8. The van der Waals surface area contributed by atoms with E-state index in [4.69, 9.17) is 5.14 Å². The van der Waals surface area contributed by atoms with E-state index in [1.807, 2.05) is 18.2 Å². The highest BCUT2D eigenvalue weighted by atomic mass is 32.2. The molecule has 2 heterocycles. The van der Waals surface area contributed by atoms with Gasteiger partial charge in [-0.15, -0.1) is 5.11 Å². The lowest BCUT2D eigenvalue weighted by atomic mass is 9.92. The molecule has 1 atom stereocenters. The highest BCUT2D eigenvalue weighted by Crippen LogP contribution is 2.33. The standard InChI is InChI=1S/C15H21N5O3S/c16-24(22,23)17-8-5-11-6-9-20(10-7-11)14-12-3-1-2-4-13(12)15(21)19-18-14/h1-4,11,14,17H,5-10H2,(H2,16,22,23). The average Bonchev–Trinajstić information content (AvgIpc) is 2.55. The molecule has 3 N–H and O–H groups in total. The van der Waals surface area contributed by atoms with Gasteiger partial charge in [-0.25, -0.2) is 9.86 Å². The smallest absolute Gasteiger partial charge is 0.277 e. The van der Waals surface area contributed by atoms with Gasteiger partial charge in [0.2, 0.25) is 0 Å². The Bertz CT molecular complexity index is 741. The number of hydrogen-bond acceptors (Lipinski definition) is 5. The Kier molecular flexibility index (Phi) is 5.04. The lowest BCUT2D eigenvalue weighted by Gasteiger charge is -2.36. The van der Waals surface area contributed by atoms with Crippen LogP contribution in [0.4, 0.5) is 0 Å². The second-order valence-corrected chi connectivity index (χ2v) is 7.57. The van der Waals surface area contributed by atoms with Crippen molar-refractivity contribution >= 4 is 16.1 Å². The van der Waals surface area contributed by atoms with Crippen molar-refractivity contribution in [2.45, 2.75) is 25.4 Å². The van der Waals surface area contributed by atoms with Crippen LogP contribution >= 0.6 is 0 Å². The number of nitrogens with two attached hydrogens (primary N) is 1. The van der Waals surface area contributed by atoms with Crippen LogP contribution in [0.1, 0.15) is 41.3 Å². The number of azo groups is 1. The van der Waals surface area contributed by atoms with Crippen molar-refractivity contribution < 1.29 is 13.2 Å². The predicted octanol–water partition coefficient (Wildman–Crippen LogP) is 1.19. The zero-order valence-corrected chi connectivity index (χ0v) is 14.1. The van der Waals surface area contributed by atoms with Crippen LogP contribution in [0.25, 0.3) is 0 Å². The highest BCUT2D eigenvalue weighted by Gasteiger charge is 2.31. The molecule has 0 saturated carbocycles. The normalized spacial score (nSPS) is 22.5. The Morgan fingerprint density at radius 3 is 2.67 bits per heavy atom. The van der Waals surface area contributed by atoms with Crippen molar-refractivity contribution in [3.63, 3.8) is 0 Å². The molecule has 0 bridgehead atoms. The Morgan fingerprint density at radius 2 is 1.96 bits per heavy atom. The molecule has 9 heteroatoms. The van der Waals surface area contributed by atoms with Crippen LogP contribution in [0.3, 0.4) is 0 Å². The first-order valence-corrected chi connectivity index (χ1v) is 9.54. The lowest BCUT2D eigenvalue weighted by Crippen LogP contribution is -2.38. The topological polar surface area (TPSA) is 117 Å². The fraction of sp³-hybridized carbons (Fsp3) is 0.533. The molecule has 0 aromatic heterocycles. The highest BCUT2D eigenvalue weighted by molar-refractivity contribution is 7.87. The third-order valence-electron chi connectivity index (χ3n) is 4.58. The third-order valence-corrected chi connectivity index (χ3v) is 5.18. The van der Waals surface area contributed by atoms with Crippen molar-refractivity contribution in [3.8, 4) is 0 Å². The van der Waals surface area contributed by atoms with Gasteiger partial charge in [0.15, 0.2) is 0 Å². The number of carbonyl (C=O) groups excluding carboxylic acids is 1. The minimum absolute atomic E-state index is 0.206. The summed E-state index contributed by atoms with van der Waals surface area (Å²) in [6, 6.07) is 7.46. The Balaban J connectivity index is 1.57. The van der Waals surface area contributed by atoms with Crippen molar-refractivity contribution in [1.29, 1.82) is 0 Å². The van der Waals surface area contributed by atoms with Crippen molar-refractivity contribution in [2.24, 2.45) is 21.3 Å². The van der Waals surface area contributed by atoms with E-state index in [-0.39, 0.29) is 12.1 Å². The van der Waals surface area contributed by atoms with E-state index in [2.05, 4.69) is 19.9 Å². The molecule has 1 unspecified atom stereocenters. The first kappa shape index (κ1) is 17.2. The molecule has 1 aromatic carbocycles. The van der Waals surface area contributed by atoms with Gasteiger partial charge in [0, 0.05) is 25.2 Å². The zero-order valence-electron chi connectivity index (χ0n) is 13.3. The minimum Gasteiger partial charge on any atom is -0.277 e. The maximum Gasteiger partial charge on any atom is 0.295 e. The van der Waals surface area contributed by atoms with E-state index in [9.17, 15) is 13.2 Å². The number of hydrogen-bond donors (Lipinski definition) is 2. The van der Waals surface area contributed by atoms with Gasteiger partial charge >= 0.3 is 0 Å². The van der Waals surface area contributed by atoms with E-state index >= 15 is 0 Å². The second kappa shape index (κ2) is 7.06. The van der Waals surface area contributed by atoms with Crippen LogP contribution in [0.2, 0.25) is 0 Å². The summed E-state index contributed by atoms with van der Waals surface area (Å²) in [6.45, 7) is 2.04. The van der Waals surface area contributed by atoms with Gasteiger partial charge in [0.25, 0.3) is 16.1 Å². The van der Waals surface area contributed by atoms with E-state index in [0.29, 0.717) is 18.0 Å². The number of piperidine rings is 1. The number of rotatable bonds is 5. The second-order valence-electron chi connectivity index (χ2n) is 6.19. The minimum atomic E-state index is -3.61. The fourth-order valence-corrected chi connectivity index (χ4v) is 3.70. The largest absolute Gasteiger partial charge is 0.295 e. The predicted molar refractivity (Wildman–Crippen MR) is 88.4 cm³/mol. The van der Waals surface area contributed by atoms with E-state index in [0.717, 1.165) is 37.9 Å². The van der Waals surface area contributed by atoms with Crippen LogP contribution in [0.15, 0.2) is 34.5 Å². The van der Waals surface area contributed by atoms with E-state index < -0.39 is 10.2 Å². The fourth-order valence-electron chi connectivity index (χ4n) is 3.30. The monoisotopic (exact) mass is 351 g/mol. The van der Waals surface area contributed by atoms with Crippen molar-refractivity contribution in [3.05, 3.63) is 35.4 Å². The third kappa shape index (κ3) is 4.04. The summed E-state index contributed by atoms with van der Waals surface area (Å²) in [5, 5.41) is 12.9. The summed E-state index contributed by atoms with van der Waals surface area (Å²) in [5.41, 5.74) is 1.53. The number of fused-ring (bicyclic) bond motifs is 1. The van der Waals surface area contributed by atoms with Gasteiger partial charge in [0.05, 0.1) is 5.56 Å². The molecule has 1 amide bonds. The molecule has 0 spiro atoms. The maximum atomic E-state index is 11.8. The van der Waals surface area contributed by atoms with Gasteiger partial charge in [-0.3, -0.25) is 9.69 Å². The SMILES string of the molecule is NS(=O)(=O)NCCC1CCN(C2N=NC(=O)c3ccccc32)CC1. The van der Waals surface area contributed by atoms with Gasteiger partial charge in [-0.1, -0.05) is 18.2 Å². The summed E-state index contributed by atoms with van der Waals surface area (Å²) >= 11 is 0. The summed E-state index contributed by atoms with van der Waals surface area (Å²) in [6.07, 6.45) is 2.47. The van der Waals surface area contributed by atoms with Crippen molar-refractivity contribution in [1.82, 2.24) is 9.62 Å². The molecule has 130 valence electrons. The van der Waals surface area contributed by atoms with Crippen LogP contribution in [-0.4, -0.2) is 38.9 Å². The van der Waals surface area contributed by atoms with Gasteiger partial charge in [0.1, 0.15) is 6.17 Å². The molecule has 3 rings (SSSR count). The Hall–Kier alpha value is -1.68. The van der Waals surface area contributed by atoms with E-state index in [1.54, 1.807) is 6.07 Å². The molecule has 1 aromatic rings. The molecule has 0 radical (unpaired) electrons. The molecule has 24 heavy (non-hydrogen) atoms. The Morgan fingerprint density at radius 1 is 1.25 bits per heavy atom. The van der Waals surface area contributed by atoms with Gasteiger partial charge in [-0.2, -0.15) is 13.5 Å². The summed E-state index contributed by atoms with van der Waals surface area (Å²) in [4.78, 5) is 14.0. The summed E-state index contributed by atoms with van der Waals surface area (Å²) in [5.74, 6) is 0.165. The van der Waals surface area contributed by atoms with Crippen LogP contribution in [0.5, 0.6) is 0 Å². The lowest BCUT2D eigenvalue weighted by molar-refractivity contribution is 0.0933. The summed E-state index contributed by atoms with van der Waals surface area (Å²) < 4.78 is 24.1. The van der Waals surface area contributed by atoms with Crippen LogP contribution < -0.4 is 9.86 Å². The van der Waals surface area contributed by atoms with Crippen LogP contribution in [0, 0.1) is 5.92 Å². The van der Waals surface area contributed by atoms with Gasteiger partial charge in [-0.05, 0) is 31.2 Å². The first-order chi connectivity index (χ1) is 11.4. The van der Waals surface area contributed by atoms with E-state index in [1.165, 1.54) is 0 Å². The van der Waals surface area contributed by atoms with Crippen LogP contribution in [-0.2, 0) is 10.2 Å². The molecule has 1 fully saturated rings. The number of benzene rings is 1. The molecular formula is C15H21N5O3S. The molecule has 2 aliphatic rings. The quantitative estimate of drug-likeness (QED) is 0.828. The first-order valence-electron chi connectivity index (χ1n) is 7.99. The molecule has 0 aliphatic carbocycles. The number of likely N-dealkylation sites (tertiary alicyclic amines) is 1. The molecular weight excluding hydrogens is 330 g/mol. The molecule has 2 aliphatic heterocycles. The number of carbonyl (C=O) groups is 1. The summed E-state index contributed by atoms with van der Waals surface area (Å²) in [7, 11) is -3.61. The molecule has 1 saturated heterocycles. The molecule has 8 nitrogen and oxygen atoms in total. The Labute approximate surface area is 141 Å². The van der Waals surface area contributed by atoms with Crippen molar-refractivity contribution in [2.75, 3.05) is 19.6 Å². The number of nitrogens with one attached hydrogen (secondary N) is 1. The number of nitrogens with zero attached hydrogens (tertiary/aromatic N) is 3. The number of amides is 1.